The van der Waals surface area contributed by atoms with Gasteiger partial charge in [-0.15, -0.1) is 0 Å². The van der Waals surface area contributed by atoms with Crippen LogP contribution < -0.4 is 5.32 Å². The number of benzene rings is 2. The summed E-state index contributed by atoms with van der Waals surface area (Å²) in [7, 11) is 0. The van der Waals surface area contributed by atoms with E-state index in [0.717, 1.165) is 5.56 Å². The van der Waals surface area contributed by atoms with Crippen molar-refractivity contribution in [3.63, 3.8) is 0 Å². The molecule has 3 rings (SSSR count). The largest absolute Gasteiger partial charge is 0.319 e. The number of nitrogens with one attached hydrogen (secondary N) is 1. The summed E-state index contributed by atoms with van der Waals surface area (Å²) in [6.45, 7) is 1.96. The third kappa shape index (κ3) is 3.75. The zero-order valence-corrected chi connectivity index (χ0v) is 13.8. The van der Waals surface area contributed by atoms with E-state index in [1.165, 1.54) is 43.5 Å². The van der Waals surface area contributed by atoms with Crippen molar-refractivity contribution in [1.29, 1.82) is 0 Å². The van der Waals surface area contributed by atoms with Gasteiger partial charge in [0.2, 0.25) is 0 Å². The molecule has 7 nitrogen and oxygen atoms in total. The van der Waals surface area contributed by atoms with Crippen molar-refractivity contribution in [2.45, 2.75) is 13.5 Å². The molecule has 0 saturated carbocycles. The Kier molecular flexibility index (Phi) is 4.74. The van der Waals surface area contributed by atoms with Gasteiger partial charge in [0.15, 0.2) is 0 Å². The molecule has 1 aromatic heterocycles. The molecule has 0 aliphatic heterocycles. The number of carbonyl (C=O) groups is 1. The fourth-order valence-corrected chi connectivity index (χ4v) is 2.56. The van der Waals surface area contributed by atoms with Crippen LogP contribution in [0.25, 0.3) is 0 Å². The molecule has 3 aromatic rings. The van der Waals surface area contributed by atoms with Gasteiger partial charge in [0, 0.05) is 23.4 Å². The van der Waals surface area contributed by atoms with Crippen LogP contribution in [0.2, 0.25) is 0 Å². The van der Waals surface area contributed by atoms with E-state index in [1.807, 2.05) is 0 Å². The highest BCUT2D eigenvalue weighted by molar-refractivity contribution is 6.05. The van der Waals surface area contributed by atoms with Crippen LogP contribution in [0, 0.1) is 22.9 Å². The van der Waals surface area contributed by atoms with E-state index in [1.54, 1.807) is 23.0 Å². The average molecular weight is 354 g/mol. The van der Waals surface area contributed by atoms with Gasteiger partial charge in [-0.3, -0.25) is 19.6 Å². The quantitative estimate of drug-likeness (QED) is 0.560. The Morgan fingerprint density at radius 1 is 1.27 bits per heavy atom. The van der Waals surface area contributed by atoms with E-state index in [2.05, 4.69) is 10.4 Å². The second-order valence-corrected chi connectivity index (χ2v) is 5.71. The molecule has 0 aliphatic rings. The van der Waals surface area contributed by atoms with Crippen molar-refractivity contribution >= 4 is 17.3 Å². The highest BCUT2D eigenvalue weighted by atomic mass is 19.1. The zero-order valence-electron chi connectivity index (χ0n) is 13.8. The molecular formula is C18H15FN4O3. The molecule has 0 saturated heterocycles. The van der Waals surface area contributed by atoms with Crippen molar-refractivity contribution < 1.29 is 14.1 Å². The SMILES string of the molecule is Cc1c(C(=O)Nc2cnn(Cc3ccc(F)cc3)c2)cccc1[N+](=O)[O-]. The maximum Gasteiger partial charge on any atom is 0.273 e. The van der Waals surface area contributed by atoms with Crippen molar-refractivity contribution in [3.8, 4) is 0 Å². The molecule has 1 N–H and O–H groups in total. The first-order valence-corrected chi connectivity index (χ1v) is 7.76. The lowest BCUT2D eigenvalue weighted by Crippen LogP contribution is -2.13. The minimum Gasteiger partial charge on any atom is -0.319 e. The van der Waals surface area contributed by atoms with Crippen LogP contribution in [-0.4, -0.2) is 20.6 Å². The molecule has 1 heterocycles. The molecular weight excluding hydrogens is 339 g/mol. The van der Waals surface area contributed by atoms with Gasteiger partial charge in [-0.2, -0.15) is 5.10 Å². The monoisotopic (exact) mass is 354 g/mol. The first kappa shape index (κ1) is 17.3. The molecule has 2 aromatic carbocycles. The summed E-state index contributed by atoms with van der Waals surface area (Å²) in [5.41, 5.74) is 1.74. The van der Waals surface area contributed by atoms with E-state index in [9.17, 15) is 19.3 Å². The second-order valence-electron chi connectivity index (χ2n) is 5.71. The van der Waals surface area contributed by atoms with Gasteiger partial charge in [-0.05, 0) is 30.7 Å². The van der Waals surface area contributed by atoms with Gasteiger partial charge in [-0.1, -0.05) is 18.2 Å². The molecule has 0 aliphatic carbocycles. The fraction of sp³-hybridized carbons (Fsp3) is 0.111. The molecule has 0 unspecified atom stereocenters. The number of amides is 1. The number of nitro benzene ring substituents is 1. The summed E-state index contributed by atoms with van der Waals surface area (Å²) in [6, 6.07) is 10.4. The predicted octanol–water partition coefficient (Wildman–Crippen LogP) is 3.54. The Morgan fingerprint density at radius 3 is 2.69 bits per heavy atom. The third-order valence-corrected chi connectivity index (χ3v) is 3.90. The number of rotatable bonds is 5. The van der Waals surface area contributed by atoms with Crippen LogP contribution in [0.15, 0.2) is 54.9 Å². The van der Waals surface area contributed by atoms with Crippen molar-refractivity contribution in [3.05, 3.63) is 87.5 Å². The van der Waals surface area contributed by atoms with Crippen molar-refractivity contribution in [1.82, 2.24) is 9.78 Å². The zero-order chi connectivity index (χ0) is 18.7. The van der Waals surface area contributed by atoms with E-state index in [-0.39, 0.29) is 17.1 Å². The van der Waals surface area contributed by atoms with E-state index < -0.39 is 10.8 Å². The van der Waals surface area contributed by atoms with Crippen molar-refractivity contribution in [2.24, 2.45) is 0 Å². The second kappa shape index (κ2) is 7.14. The molecule has 8 heteroatoms. The summed E-state index contributed by atoms with van der Waals surface area (Å²) in [6.07, 6.45) is 3.11. The molecule has 0 spiro atoms. The topological polar surface area (TPSA) is 90.1 Å². The number of hydrogen-bond acceptors (Lipinski definition) is 4. The minimum atomic E-state index is -0.521. The molecule has 0 atom stereocenters. The molecule has 0 radical (unpaired) electrons. The number of nitro groups is 1. The lowest BCUT2D eigenvalue weighted by atomic mass is 10.1. The van der Waals surface area contributed by atoms with E-state index >= 15 is 0 Å². The smallest absolute Gasteiger partial charge is 0.273 e. The van der Waals surface area contributed by atoms with Gasteiger partial charge in [0.05, 0.1) is 23.4 Å². The average Bonchev–Trinajstić information content (AvgIpc) is 3.03. The number of aromatic nitrogens is 2. The standard InChI is InChI=1S/C18H15FN4O3/c1-12-16(3-2-4-17(12)23(25)26)18(24)21-15-9-20-22(11-15)10-13-5-7-14(19)8-6-13/h2-9,11H,10H2,1H3,(H,21,24). The minimum absolute atomic E-state index is 0.107. The van der Waals surface area contributed by atoms with Crippen LogP contribution in [0.4, 0.5) is 15.8 Å². The van der Waals surface area contributed by atoms with Gasteiger partial charge in [0.1, 0.15) is 5.82 Å². The lowest BCUT2D eigenvalue weighted by Gasteiger charge is -2.06. The molecule has 132 valence electrons. The highest BCUT2D eigenvalue weighted by Gasteiger charge is 2.18. The van der Waals surface area contributed by atoms with Crippen LogP contribution in [-0.2, 0) is 6.54 Å². The fourth-order valence-electron chi connectivity index (χ4n) is 2.56. The first-order valence-electron chi connectivity index (χ1n) is 7.76. The number of halogens is 1. The van der Waals surface area contributed by atoms with Gasteiger partial charge in [-0.25, -0.2) is 4.39 Å². The van der Waals surface area contributed by atoms with Crippen LogP contribution in [0.1, 0.15) is 21.5 Å². The summed E-state index contributed by atoms with van der Waals surface area (Å²) < 4.78 is 14.5. The molecule has 1 amide bonds. The van der Waals surface area contributed by atoms with Crippen LogP contribution in [0.5, 0.6) is 0 Å². The Hall–Kier alpha value is -3.55. The summed E-state index contributed by atoms with van der Waals surface area (Å²) in [5.74, 6) is -0.762. The van der Waals surface area contributed by atoms with Crippen molar-refractivity contribution in [2.75, 3.05) is 5.32 Å². The Morgan fingerprint density at radius 2 is 2.00 bits per heavy atom. The van der Waals surface area contributed by atoms with E-state index in [4.69, 9.17) is 0 Å². The number of anilines is 1. The lowest BCUT2D eigenvalue weighted by molar-refractivity contribution is -0.385. The normalized spacial score (nSPS) is 10.5. The molecule has 0 fully saturated rings. The molecule has 26 heavy (non-hydrogen) atoms. The van der Waals surface area contributed by atoms with Crippen LogP contribution >= 0.6 is 0 Å². The Labute approximate surface area is 148 Å². The number of hydrogen-bond donors (Lipinski definition) is 1. The van der Waals surface area contributed by atoms with Gasteiger partial charge < -0.3 is 5.32 Å². The first-order chi connectivity index (χ1) is 12.4. The van der Waals surface area contributed by atoms with Gasteiger partial charge >= 0.3 is 0 Å². The third-order valence-electron chi connectivity index (χ3n) is 3.90. The summed E-state index contributed by atoms with van der Waals surface area (Å²) in [4.78, 5) is 22.9. The van der Waals surface area contributed by atoms with E-state index in [0.29, 0.717) is 17.8 Å². The number of nitrogens with zero attached hydrogens (tertiary/aromatic N) is 3. The Bertz CT molecular complexity index is 967. The summed E-state index contributed by atoms with van der Waals surface area (Å²) in [5, 5.41) is 17.8. The Balaban J connectivity index is 1.73. The maximum absolute atomic E-state index is 12.9. The number of carbonyl (C=O) groups excluding carboxylic acids is 1. The highest BCUT2D eigenvalue weighted by Crippen LogP contribution is 2.22. The van der Waals surface area contributed by atoms with Crippen LogP contribution in [0.3, 0.4) is 0 Å². The predicted molar refractivity (Wildman–Crippen MR) is 93.5 cm³/mol. The molecule has 0 bridgehead atoms. The summed E-state index contributed by atoms with van der Waals surface area (Å²) >= 11 is 0. The maximum atomic E-state index is 12.9. The van der Waals surface area contributed by atoms with Gasteiger partial charge in [0.25, 0.3) is 11.6 Å².